The average Bonchev–Trinajstić information content (AvgIpc) is 2.88. The highest BCUT2D eigenvalue weighted by Gasteiger charge is 2.51. The van der Waals surface area contributed by atoms with E-state index < -0.39 is 0 Å². The predicted molar refractivity (Wildman–Crippen MR) is 98.7 cm³/mol. The molecule has 3 heteroatoms. The molecule has 0 aromatic rings. The molecule has 2 aliphatic carbocycles. The molecule has 0 saturated heterocycles. The van der Waals surface area contributed by atoms with Gasteiger partial charge in [0.2, 0.25) is 0 Å². The quantitative estimate of drug-likeness (QED) is 0.536. The zero-order valence-corrected chi connectivity index (χ0v) is 16.5. The van der Waals surface area contributed by atoms with Gasteiger partial charge in [-0.3, -0.25) is 0 Å². The second-order valence-corrected chi connectivity index (χ2v) is 8.94. The molecule has 0 amide bonds. The molecule has 0 heterocycles. The van der Waals surface area contributed by atoms with E-state index in [1.54, 1.807) is 7.11 Å². The summed E-state index contributed by atoms with van der Waals surface area (Å²) in [7, 11) is 1.66. The Balaban J connectivity index is 2.00. The summed E-state index contributed by atoms with van der Waals surface area (Å²) in [5, 5.41) is 10.4. The molecule has 1 unspecified atom stereocenters. The van der Waals surface area contributed by atoms with Crippen molar-refractivity contribution in [3.8, 4) is 0 Å². The lowest BCUT2D eigenvalue weighted by Gasteiger charge is -2.44. The van der Waals surface area contributed by atoms with Crippen LogP contribution >= 0.6 is 0 Å². The second kappa shape index (κ2) is 7.88. The first kappa shape index (κ1) is 19.9. The number of hydrogen-bond acceptors (Lipinski definition) is 3. The van der Waals surface area contributed by atoms with Crippen LogP contribution in [0.1, 0.15) is 66.7 Å². The first-order valence-corrected chi connectivity index (χ1v) is 9.71. The van der Waals surface area contributed by atoms with Gasteiger partial charge in [-0.05, 0) is 62.7 Å². The van der Waals surface area contributed by atoms with Crippen molar-refractivity contribution < 1.29 is 14.6 Å². The molecule has 0 radical (unpaired) electrons. The highest BCUT2D eigenvalue weighted by molar-refractivity contribution is 5.06. The van der Waals surface area contributed by atoms with E-state index in [9.17, 15) is 5.11 Å². The first-order valence-electron chi connectivity index (χ1n) is 9.71. The molecule has 0 aromatic carbocycles. The average molecular weight is 339 g/mol. The molecular weight excluding hydrogens is 300 g/mol. The summed E-state index contributed by atoms with van der Waals surface area (Å²) in [4.78, 5) is 0. The van der Waals surface area contributed by atoms with Gasteiger partial charge in [-0.15, -0.1) is 0 Å². The second-order valence-electron chi connectivity index (χ2n) is 8.94. The SMILES string of the molecule is COCOC(C)(C)[C@@H](C)/C=C/[C@@H](C)[C@H]1CCC2[C@@H](O)CCC[C@@]21C. The van der Waals surface area contributed by atoms with Crippen LogP contribution in [0.3, 0.4) is 0 Å². The Hall–Kier alpha value is -0.380. The van der Waals surface area contributed by atoms with Crippen LogP contribution in [-0.4, -0.2) is 30.7 Å². The lowest BCUT2D eigenvalue weighted by atomic mass is 9.62. The fraction of sp³-hybridized carbons (Fsp3) is 0.905. The summed E-state index contributed by atoms with van der Waals surface area (Å²) in [5.74, 6) is 2.07. The fourth-order valence-electron chi connectivity index (χ4n) is 5.10. The summed E-state index contributed by atoms with van der Waals surface area (Å²) >= 11 is 0. The standard InChI is InChI=1S/C21H38O3/c1-15(9-10-16(2)20(3,4)24-14-23-6)17-11-12-18-19(22)8-7-13-21(17,18)5/h9-10,15-19,22H,7-8,11-14H2,1-6H3/b10-9+/t15-,16+,17-,18?,19+,21-/m1/s1. The molecule has 3 nitrogen and oxygen atoms in total. The molecule has 2 aliphatic rings. The molecule has 2 saturated carbocycles. The minimum Gasteiger partial charge on any atom is -0.393 e. The van der Waals surface area contributed by atoms with E-state index in [1.165, 1.54) is 25.7 Å². The summed E-state index contributed by atoms with van der Waals surface area (Å²) in [6.45, 7) is 11.6. The summed E-state index contributed by atoms with van der Waals surface area (Å²) < 4.78 is 10.9. The van der Waals surface area contributed by atoms with Crippen LogP contribution in [0.4, 0.5) is 0 Å². The molecule has 1 N–H and O–H groups in total. The van der Waals surface area contributed by atoms with Gasteiger partial charge >= 0.3 is 0 Å². The Labute approximate surface area is 148 Å². The van der Waals surface area contributed by atoms with Crippen molar-refractivity contribution in [1.29, 1.82) is 0 Å². The van der Waals surface area contributed by atoms with E-state index in [1.807, 2.05) is 0 Å². The van der Waals surface area contributed by atoms with E-state index in [0.717, 1.165) is 6.42 Å². The van der Waals surface area contributed by atoms with Crippen LogP contribution < -0.4 is 0 Å². The van der Waals surface area contributed by atoms with E-state index in [-0.39, 0.29) is 11.7 Å². The monoisotopic (exact) mass is 338 g/mol. The van der Waals surface area contributed by atoms with E-state index in [0.29, 0.717) is 35.9 Å². The van der Waals surface area contributed by atoms with Crippen LogP contribution in [0.15, 0.2) is 12.2 Å². The van der Waals surface area contributed by atoms with Crippen LogP contribution in [0.5, 0.6) is 0 Å². The van der Waals surface area contributed by atoms with E-state index >= 15 is 0 Å². The minimum atomic E-state index is -0.227. The topological polar surface area (TPSA) is 38.7 Å². The highest BCUT2D eigenvalue weighted by Crippen LogP contribution is 2.57. The molecule has 24 heavy (non-hydrogen) atoms. The maximum atomic E-state index is 10.4. The van der Waals surface area contributed by atoms with Crippen molar-refractivity contribution in [2.75, 3.05) is 13.9 Å². The van der Waals surface area contributed by atoms with E-state index in [4.69, 9.17) is 9.47 Å². The lowest BCUT2D eigenvalue weighted by Crippen LogP contribution is -2.41. The number of ether oxygens (including phenoxy) is 2. The van der Waals surface area contributed by atoms with Gasteiger partial charge in [-0.25, -0.2) is 0 Å². The van der Waals surface area contributed by atoms with Crippen LogP contribution in [0.25, 0.3) is 0 Å². The number of rotatable bonds is 7. The molecule has 140 valence electrons. The normalized spacial score (nSPS) is 36.7. The molecule has 0 spiro atoms. The zero-order chi connectivity index (χ0) is 18.0. The van der Waals surface area contributed by atoms with Crippen molar-refractivity contribution >= 4 is 0 Å². The van der Waals surface area contributed by atoms with Crippen LogP contribution in [-0.2, 0) is 9.47 Å². The summed E-state index contributed by atoms with van der Waals surface area (Å²) in [6, 6.07) is 0. The van der Waals surface area contributed by atoms with Gasteiger partial charge in [0.25, 0.3) is 0 Å². The Bertz CT molecular complexity index is 431. The molecule has 6 atom stereocenters. The van der Waals surface area contributed by atoms with Crippen LogP contribution in [0, 0.1) is 29.1 Å². The first-order chi connectivity index (χ1) is 11.2. The Morgan fingerprint density at radius 2 is 1.92 bits per heavy atom. The minimum absolute atomic E-state index is 0.0785. The lowest BCUT2D eigenvalue weighted by molar-refractivity contribution is -0.128. The highest BCUT2D eigenvalue weighted by atomic mass is 16.7. The maximum Gasteiger partial charge on any atom is 0.147 e. The zero-order valence-electron chi connectivity index (χ0n) is 16.5. The number of methoxy groups -OCH3 is 1. The summed E-state index contributed by atoms with van der Waals surface area (Å²) in [5.41, 5.74) is 0.0854. The maximum absolute atomic E-state index is 10.4. The van der Waals surface area contributed by atoms with Gasteiger partial charge in [0.15, 0.2) is 0 Å². The molecule has 2 rings (SSSR count). The van der Waals surface area contributed by atoms with Crippen molar-refractivity contribution in [1.82, 2.24) is 0 Å². The third-order valence-electron chi connectivity index (χ3n) is 7.15. The molecule has 0 aliphatic heterocycles. The van der Waals surface area contributed by atoms with Gasteiger partial charge < -0.3 is 14.6 Å². The number of hydrogen-bond donors (Lipinski definition) is 1. The fourth-order valence-corrected chi connectivity index (χ4v) is 5.10. The Kier molecular flexibility index (Phi) is 6.55. The third-order valence-corrected chi connectivity index (χ3v) is 7.15. The van der Waals surface area contributed by atoms with Gasteiger partial charge in [-0.1, -0.05) is 39.3 Å². The Morgan fingerprint density at radius 1 is 1.21 bits per heavy atom. The largest absolute Gasteiger partial charge is 0.393 e. The van der Waals surface area contributed by atoms with Gasteiger partial charge in [0, 0.05) is 13.0 Å². The van der Waals surface area contributed by atoms with Crippen molar-refractivity contribution in [3.63, 3.8) is 0 Å². The van der Waals surface area contributed by atoms with E-state index in [2.05, 4.69) is 46.8 Å². The predicted octanol–water partition coefficient (Wildman–Crippen LogP) is 4.79. The number of aliphatic hydroxyl groups excluding tert-OH is 1. The van der Waals surface area contributed by atoms with Gasteiger partial charge in [0.1, 0.15) is 6.79 Å². The Morgan fingerprint density at radius 3 is 2.58 bits per heavy atom. The summed E-state index contributed by atoms with van der Waals surface area (Å²) in [6.07, 6.45) is 10.5. The van der Waals surface area contributed by atoms with Gasteiger partial charge in [-0.2, -0.15) is 0 Å². The molecular formula is C21H38O3. The molecule has 0 aromatic heterocycles. The number of fused-ring (bicyclic) bond motifs is 1. The van der Waals surface area contributed by atoms with Crippen molar-refractivity contribution in [2.24, 2.45) is 29.1 Å². The van der Waals surface area contributed by atoms with Crippen molar-refractivity contribution in [3.05, 3.63) is 12.2 Å². The smallest absolute Gasteiger partial charge is 0.147 e. The number of aliphatic hydroxyl groups is 1. The molecule has 2 fully saturated rings. The van der Waals surface area contributed by atoms with Crippen LogP contribution in [0.2, 0.25) is 0 Å². The van der Waals surface area contributed by atoms with Crippen molar-refractivity contribution in [2.45, 2.75) is 78.4 Å². The number of allylic oxidation sites excluding steroid dienone is 1. The molecule has 0 bridgehead atoms. The van der Waals surface area contributed by atoms with Gasteiger partial charge in [0.05, 0.1) is 11.7 Å². The third kappa shape index (κ3) is 4.05.